The number of hydrogen-bond donors (Lipinski definition) is 1. The fourth-order valence-corrected chi connectivity index (χ4v) is 6.13. The van der Waals surface area contributed by atoms with Crippen molar-refractivity contribution in [2.45, 2.75) is 26.2 Å². The lowest BCUT2D eigenvalue weighted by atomic mass is 9.80. The molecule has 3 aromatic rings. The van der Waals surface area contributed by atoms with Gasteiger partial charge in [0.15, 0.2) is 11.6 Å². The number of nitro groups is 1. The van der Waals surface area contributed by atoms with E-state index < -0.39 is 22.5 Å². The van der Waals surface area contributed by atoms with Crippen molar-refractivity contribution in [3.8, 4) is 11.3 Å². The molecule has 0 spiro atoms. The molecule has 1 aromatic heterocycles. The molecule has 0 unspecified atom stereocenters. The van der Waals surface area contributed by atoms with Crippen molar-refractivity contribution in [2.24, 2.45) is 11.3 Å². The van der Waals surface area contributed by atoms with E-state index in [9.17, 15) is 28.5 Å². The predicted molar refractivity (Wildman–Crippen MR) is 140 cm³/mol. The first kappa shape index (κ1) is 26.7. The van der Waals surface area contributed by atoms with E-state index in [0.29, 0.717) is 25.2 Å². The summed E-state index contributed by atoms with van der Waals surface area (Å²) < 4.78 is 27.4. The molecule has 1 N–H and O–H groups in total. The first-order valence-electron chi connectivity index (χ1n) is 12.5. The zero-order valence-electron chi connectivity index (χ0n) is 21.0. The Morgan fingerprint density at radius 1 is 1.21 bits per heavy atom. The number of benzene rings is 2. The van der Waals surface area contributed by atoms with E-state index in [1.54, 1.807) is 17.0 Å². The van der Waals surface area contributed by atoms with Gasteiger partial charge in [0.2, 0.25) is 0 Å². The number of likely N-dealkylation sites (tertiary alicyclic amines) is 1. The molecule has 2 aliphatic rings. The summed E-state index contributed by atoms with van der Waals surface area (Å²) in [6.07, 6.45) is 4.15. The number of rotatable bonds is 6. The van der Waals surface area contributed by atoms with Crippen molar-refractivity contribution in [3.05, 3.63) is 92.1 Å². The molecule has 11 heteroatoms. The number of hydrogen-bond acceptors (Lipinski definition) is 5. The van der Waals surface area contributed by atoms with Gasteiger partial charge >= 0.3 is 0 Å². The van der Waals surface area contributed by atoms with Gasteiger partial charge in [-0.1, -0.05) is 18.0 Å². The molecule has 1 aliphatic heterocycles. The summed E-state index contributed by atoms with van der Waals surface area (Å²) in [4.78, 5) is 43.5. The van der Waals surface area contributed by atoms with Crippen molar-refractivity contribution in [2.75, 3.05) is 19.6 Å². The monoisotopic (exact) mass is 554 g/mol. The number of nitro benzene ring substituents is 1. The lowest BCUT2D eigenvalue weighted by molar-refractivity contribution is -0.385. The quantitative estimate of drug-likeness (QED) is 0.317. The number of nitrogens with one attached hydrogen (secondary N) is 1. The number of amides is 2. The summed E-state index contributed by atoms with van der Waals surface area (Å²) in [5.41, 5.74) is 0.627. The Morgan fingerprint density at radius 3 is 2.74 bits per heavy atom. The summed E-state index contributed by atoms with van der Waals surface area (Å²) in [7, 11) is 0. The average Bonchev–Trinajstić information content (AvgIpc) is 3.47. The molecule has 1 aliphatic carbocycles. The van der Waals surface area contributed by atoms with Gasteiger partial charge < -0.3 is 10.2 Å². The maximum atomic E-state index is 13.9. The number of carbonyl (C=O) groups excluding carboxylic acids is 2. The lowest BCUT2D eigenvalue weighted by Gasteiger charge is -2.29. The number of nitrogens with zero attached hydrogens (tertiary/aromatic N) is 3. The fraction of sp³-hybridized carbons (Fsp3) is 0.321. The molecule has 2 amide bonds. The summed E-state index contributed by atoms with van der Waals surface area (Å²) in [6.45, 7) is 2.69. The molecule has 2 fully saturated rings. The summed E-state index contributed by atoms with van der Waals surface area (Å²) in [6, 6.07) is 9.27. The van der Waals surface area contributed by atoms with E-state index in [2.05, 4.69) is 10.3 Å². The number of carbonyl (C=O) groups is 2. The van der Waals surface area contributed by atoms with Crippen LogP contribution in [0, 0.1) is 40.0 Å². The van der Waals surface area contributed by atoms with Crippen molar-refractivity contribution >= 4 is 29.1 Å². The summed E-state index contributed by atoms with van der Waals surface area (Å²) in [5.74, 6) is -2.59. The van der Waals surface area contributed by atoms with Crippen molar-refractivity contribution < 1.29 is 23.3 Å². The molecule has 2 heterocycles. The Labute approximate surface area is 228 Å². The second-order valence-corrected chi connectivity index (χ2v) is 10.6. The molecular formula is C28H25ClF2N4O4. The first-order valence-corrected chi connectivity index (χ1v) is 12.9. The molecule has 1 saturated carbocycles. The van der Waals surface area contributed by atoms with E-state index >= 15 is 0 Å². The minimum atomic E-state index is -1.03. The largest absolute Gasteiger partial charge is 0.351 e. The van der Waals surface area contributed by atoms with Gasteiger partial charge in [0.05, 0.1) is 21.7 Å². The third-order valence-electron chi connectivity index (χ3n) is 7.95. The highest BCUT2D eigenvalue weighted by Gasteiger charge is 2.51. The Hall–Kier alpha value is -3.92. The van der Waals surface area contributed by atoms with Crippen LogP contribution in [0.1, 0.15) is 45.5 Å². The van der Waals surface area contributed by atoms with Crippen LogP contribution in [0.5, 0.6) is 0 Å². The molecule has 8 nitrogen and oxygen atoms in total. The minimum Gasteiger partial charge on any atom is -0.351 e. The lowest BCUT2D eigenvalue weighted by Crippen LogP contribution is -2.41. The van der Waals surface area contributed by atoms with Gasteiger partial charge in [-0.25, -0.2) is 8.78 Å². The zero-order chi connectivity index (χ0) is 27.9. The highest BCUT2D eigenvalue weighted by Crippen LogP contribution is 2.49. The molecule has 0 bridgehead atoms. The van der Waals surface area contributed by atoms with Gasteiger partial charge in [-0.15, -0.1) is 0 Å². The molecule has 2 atom stereocenters. The van der Waals surface area contributed by atoms with Crippen LogP contribution in [0.25, 0.3) is 11.3 Å². The minimum absolute atomic E-state index is 0.0975. The van der Waals surface area contributed by atoms with Crippen LogP contribution in [0.4, 0.5) is 14.5 Å². The maximum absolute atomic E-state index is 13.9. The Morgan fingerprint density at radius 2 is 2.00 bits per heavy atom. The van der Waals surface area contributed by atoms with Crippen molar-refractivity contribution in [1.82, 2.24) is 15.2 Å². The van der Waals surface area contributed by atoms with E-state index in [1.807, 2.05) is 0 Å². The Bertz CT molecular complexity index is 1500. The number of fused-ring (bicyclic) bond motifs is 1. The van der Waals surface area contributed by atoms with Gasteiger partial charge in [0.1, 0.15) is 0 Å². The Balaban J connectivity index is 1.36. The zero-order valence-corrected chi connectivity index (χ0v) is 21.8. The van der Waals surface area contributed by atoms with Gasteiger partial charge in [-0.05, 0) is 62.1 Å². The summed E-state index contributed by atoms with van der Waals surface area (Å²) >= 11 is 6.04. The highest BCUT2D eigenvalue weighted by atomic mass is 35.5. The normalized spacial score (nSPS) is 20.1. The second kappa shape index (κ2) is 10.3. The average molecular weight is 555 g/mol. The molecule has 39 heavy (non-hydrogen) atoms. The maximum Gasteiger partial charge on any atom is 0.274 e. The van der Waals surface area contributed by atoms with Crippen LogP contribution >= 0.6 is 11.6 Å². The predicted octanol–water partition coefficient (Wildman–Crippen LogP) is 5.57. The van der Waals surface area contributed by atoms with E-state index in [1.165, 1.54) is 31.3 Å². The van der Waals surface area contributed by atoms with E-state index in [4.69, 9.17) is 11.6 Å². The van der Waals surface area contributed by atoms with Crippen LogP contribution in [0.2, 0.25) is 5.02 Å². The van der Waals surface area contributed by atoms with Gasteiger partial charge in [-0.2, -0.15) is 0 Å². The smallest absolute Gasteiger partial charge is 0.274 e. The standard InChI is InChI=1S/C28H25ClF2N4O4/c1-16-21(11-19(29)12-24(16)35(38)39)26(36)33-14-28-8-2-4-18(28)13-34(15-28)27(37)20-5-3-9-32-25(20)17-6-7-22(30)23(31)10-17/h3,5-7,9-12,18H,2,4,8,13-15H2,1H3,(H,33,36)/t18-,28-/m0/s1. The van der Waals surface area contributed by atoms with Crippen LogP contribution in [0.3, 0.4) is 0 Å². The molecule has 0 radical (unpaired) electrons. The second-order valence-electron chi connectivity index (χ2n) is 10.2. The SMILES string of the molecule is Cc1c(C(=O)NC[C@]23CCC[C@H]2CN(C(=O)c2cccnc2-c2ccc(F)c(F)c2)C3)cc(Cl)cc1[N+](=O)[O-]. The number of pyridine rings is 1. The van der Waals surface area contributed by atoms with Gasteiger partial charge in [0, 0.05) is 53.5 Å². The molecule has 5 rings (SSSR count). The Kier molecular flexibility index (Phi) is 7.07. The van der Waals surface area contributed by atoms with Gasteiger partial charge in [-0.3, -0.25) is 24.7 Å². The first-order chi connectivity index (χ1) is 18.6. The van der Waals surface area contributed by atoms with E-state index in [-0.39, 0.29) is 50.3 Å². The third-order valence-corrected chi connectivity index (χ3v) is 8.16. The van der Waals surface area contributed by atoms with Gasteiger partial charge in [0.25, 0.3) is 17.5 Å². The van der Waals surface area contributed by atoms with E-state index in [0.717, 1.165) is 31.4 Å². The van der Waals surface area contributed by atoms with Crippen LogP contribution in [-0.4, -0.2) is 46.3 Å². The molecule has 1 saturated heterocycles. The molecule has 202 valence electrons. The van der Waals surface area contributed by atoms with Crippen molar-refractivity contribution in [1.29, 1.82) is 0 Å². The van der Waals surface area contributed by atoms with Crippen LogP contribution in [0.15, 0.2) is 48.7 Å². The fourth-order valence-electron chi connectivity index (χ4n) is 5.92. The topological polar surface area (TPSA) is 105 Å². The summed E-state index contributed by atoms with van der Waals surface area (Å²) in [5, 5.41) is 14.4. The number of halogens is 3. The van der Waals surface area contributed by atoms with Crippen LogP contribution in [-0.2, 0) is 0 Å². The number of aromatic nitrogens is 1. The van der Waals surface area contributed by atoms with Crippen LogP contribution < -0.4 is 5.32 Å². The van der Waals surface area contributed by atoms with Crippen molar-refractivity contribution in [3.63, 3.8) is 0 Å². The molecular weight excluding hydrogens is 530 g/mol. The molecule has 2 aromatic carbocycles. The third kappa shape index (κ3) is 4.96. The highest BCUT2D eigenvalue weighted by molar-refractivity contribution is 6.31.